The number of hydrogen-bond donors (Lipinski definition) is 0. The van der Waals surface area contributed by atoms with E-state index in [0.717, 1.165) is 21.8 Å². The molecule has 3 rings (SSSR count). The zero-order chi connectivity index (χ0) is 13.4. The van der Waals surface area contributed by atoms with E-state index in [9.17, 15) is 4.79 Å². The molecule has 3 aromatic heterocycles. The van der Waals surface area contributed by atoms with E-state index in [2.05, 4.69) is 15.0 Å². The fourth-order valence-corrected chi connectivity index (χ4v) is 2.77. The van der Waals surface area contributed by atoms with Gasteiger partial charge in [-0.2, -0.15) is 0 Å². The monoisotopic (exact) mass is 272 g/mol. The SMILES string of the molecule is Cc1cnc(Cn2cnc3scc(C)c3c2=O)cn1. The van der Waals surface area contributed by atoms with Crippen molar-refractivity contribution in [1.82, 2.24) is 19.5 Å². The maximum absolute atomic E-state index is 12.4. The second-order valence-corrected chi connectivity index (χ2v) is 5.28. The smallest absolute Gasteiger partial charge is 0.262 e. The van der Waals surface area contributed by atoms with Gasteiger partial charge in [0, 0.05) is 6.20 Å². The molecule has 6 heteroatoms. The van der Waals surface area contributed by atoms with Gasteiger partial charge >= 0.3 is 0 Å². The summed E-state index contributed by atoms with van der Waals surface area (Å²) in [6.07, 6.45) is 4.96. The molecule has 0 saturated carbocycles. The summed E-state index contributed by atoms with van der Waals surface area (Å²) in [6, 6.07) is 0. The molecule has 0 atom stereocenters. The molecular weight excluding hydrogens is 260 g/mol. The Morgan fingerprint density at radius 1 is 1.21 bits per heavy atom. The predicted molar refractivity (Wildman–Crippen MR) is 74.5 cm³/mol. The molecule has 0 aliphatic rings. The Hall–Kier alpha value is -2.08. The second-order valence-electron chi connectivity index (χ2n) is 4.43. The van der Waals surface area contributed by atoms with Crippen LogP contribution in [0.5, 0.6) is 0 Å². The van der Waals surface area contributed by atoms with E-state index >= 15 is 0 Å². The van der Waals surface area contributed by atoms with Gasteiger partial charge in [0.2, 0.25) is 0 Å². The van der Waals surface area contributed by atoms with Crippen LogP contribution < -0.4 is 5.56 Å². The van der Waals surface area contributed by atoms with Crippen LogP contribution in [0.2, 0.25) is 0 Å². The Balaban J connectivity index is 2.06. The highest BCUT2D eigenvalue weighted by molar-refractivity contribution is 7.16. The maximum Gasteiger partial charge on any atom is 0.262 e. The molecule has 0 aromatic carbocycles. The summed E-state index contributed by atoms with van der Waals surface area (Å²) in [5, 5.41) is 2.65. The first kappa shape index (κ1) is 12.0. The number of thiophene rings is 1. The molecule has 0 saturated heterocycles. The van der Waals surface area contributed by atoms with E-state index in [1.807, 2.05) is 19.2 Å². The highest BCUT2D eigenvalue weighted by atomic mass is 32.1. The van der Waals surface area contributed by atoms with Gasteiger partial charge in [-0.05, 0) is 24.8 Å². The highest BCUT2D eigenvalue weighted by Gasteiger charge is 2.09. The van der Waals surface area contributed by atoms with Gasteiger partial charge in [-0.1, -0.05) is 0 Å². The van der Waals surface area contributed by atoms with E-state index < -0.39 is 0 Å². The van der Waals surface area contributed by atoms with Crippen molar-refractivity contribution in [2.75, 3.05) is 0 Å². The molecule has 0 unspecified atom stereocenters. The maximum atomic E-state index is 12.4. The summed E-state index contributed by atoms with van der Waals surface area (Å²) >= 11 is 1.49. The van der Waals surface area contributed by atoms with Gasteiger partial charge in [0.25, 0.3) is 5.56 Å². The molecule has 3 aromatic rings. The molecule has 0 radical (unpaired) electrons. The Kier molecular flexibility index (Phi) is 2.87. The standard InChI is InChI=1S/C13H12N4OS/c1-8-6-19-12-11(8)13(18)17(7-16-12)5-10-4-14-9(2)3-15-10/h3-4,6-7H,5H2,1-2H3. The van der Waals surface area contributed by atoms with Crippen molar-refractivity contribution < 1.29 is 0 Å². The van der Waals surface area contributed by atoms with Gasteiger partial charge in [-0.25, -0.2) is 4.98 Å². The summed E-state index contributed by atoms with van der Waals surface area (Å²) in [7, 11) is 0. The van der Waals surface area contributed by atoms with Crippen LogP contribution in [0.4, 0.5) is 0 Å². The van der Waals surface area contributed by atoms with Gasteiger partial charge in [0.1, 0.15) is 4.83 Å². The molecule has 3 heterocycles. The van der Waals surface area contributed by atoms with Crippen molar-refractivity contribution in [3.8, 4) is 0 Å². The van der Waals surface area contributed by atoms with Crippen molar-refractivity contribution in [2.24, 2.45) is 0 Å². The molecule has 5 nitrogen and oxygen atoms in total. The molecule has 96 valence electrons. The summed E-state index contributed by atoms with van der Waals surface area (Å²) in [6.45, 7) is 4.20. The van der Waals surface area contributed by atoms with Crippen molar-refractivity contribution in [2.45, 2.75) is 20.4 Å². The average molecular weight is 272 g/mol. The minimum Gasteiger partial charge on any atom is -0.293 e. The second kappa shape index (κ2) is 4.55. The summed E-state index contributed by atoms with van der Waals surface area (Å²) < 4.78 is 1.57. The third-order valence-corrected chi connectivity index (χ3v) is 3.92. The number of fused-ring (bicyclic) bond motifs is 1. The van der Waals surface area contributed by atoms with Crippen LogP contribution in [-0.4, -0.2) is 19.5 Å². The molecular formula is C13H12N4OS. The zero-order valence-electron chi connectivity index (χ0n) is 10.6. The van der Waals surface area contributed by atoms with Crippen molar-refractivity contribution in [3.05, 3.63) is 51.4 Å². The van der Waals surface area contributed by atoms with E-state index in [1.54, 1.807) is 23.3 Å². The summed E-state index contributed by atoms with van der Waals surface area (Å²) in [5.41, 5.74) is 2.56. The van der Waals surface area contributed by atoms with Crippen LogP contribution in [0, 0.1) is 13.8 Å². The minimum absolute atomic E-state index is 0.0221. The molecule has 0 aliphatic carbocycles. The molecule has 0 bridgehead atoms. The fourth-order valence-electron chi connectivity index (χ4n) is 1.89. The first-order valence-electron chi connectivity index (χ1n) is 5.86. The number of rotatable bonds is 2. The summed E-state index contributed by atoms with van der Waals surface area (Å²) in [4.78, 5) is 25.9. The lowest BCUT2D eigenvalue weighted by atomic mass is 10.3. The van der Waals surface area contributed by atoms with Crippen molar-refractivity contribution in [1.29, 1.82) is 0 Å². The van der Waals surface area contributed by atoms with Crippen molar-refractivity contribution in [3.63, 3.8) is 0 Å². The first-order valence-corrected chi connectivity index (χ1v) is 6.74. The number of aromatic nitrogens is 4. The lowest BCUT2D eigenvalue weighted by molar-refractivity contribution is 0.724. The Labute approximate surface area is 113 Å². The zero-order valence-corrected chi connectivity index (χ0v) is 11.4. The third kappa shape index (κ3) is 2.15. The fraction of sp³-hybridized carbons (Fsp3) is 0.231. The number of nitrogens with zero attached hydrogens (tertiary/aromatic N) is 4. The van der Waals surface area contributed by atoms with Crippen molar-refractivity contribution >= 4 is 21.6 Å². The van der Waals surface area contributed by atoms with Gasteiger partial charge < -0.3 is 0 Å². The molecule has 0 fully saturated rings. The summed E-state index contributed by atoms with van der Waals surface area (Å²) in [5.74, 6) is 0. The Morgan fingerprint density at radius 3 is 2.79 bits per heavy atom. The lowest BCUT2D eigenvalue weighted by Crippen LogP contribution is -2.21. The van der Waals surface area contributed by atoms with E-state index in [1.165, 1.54) is 11.3 Å². The van der Waals surface area contributed by atoms with Crippen LogP contribution in [0.25, 0.3) is 10.2 Å². The lowest BCUT2D eigenvalue weighted by Gasteiger charge is -2.04. The molecule has 0 N–H and O–H groups in total. The predicted octanol–water partition coefficient (Wildman–Crippen LogP) is 1.91. The number of aryl methyl sites for hydroxylation is 2. The van der Waals surface area contributed by atoms with Crippen LogP contribution >= 0.6 is 11.3 Å². The van der Waals surface area contributed by atoms with E-state index in [0.29, 0.717) is 11.9 Å². The van der Waals surface area contributed by atoms with E-state index in [-0.39, 0.29) is 5.56 Å². The molecule has 19 heavy (non-hydrogen) atoms. The topological polar surface area (TPSA) is 60.7 Å². The molecule has 0 spiro atoms. The normalized spacial score (nSPS) is 11.1. The molecule has 0 aliphatic heterocycles. The van der Waals surface area contributed by atoms with E-state index in [4.69, 9.17) is 0 Å². The van der Waals surface area contributed by atoms with Crippen LogP contribution in [0.1, 0.15) is 17.0 Å². The Bertz CT molecular complexity index is 789. The van der Waals surface area contributed by atoms with Gasteiger partial charge in [-0.15, -0.1) is 11.3 Å². The highest BCUT2D eigenvalue weighted by Crippen LogP contribution is 2.19. The largest absolute Gasteiger partial charge is 0.293 e. The van der Waals surface area contributed by atoms with Gasteiger partial charge in [-0.3, -0.25) is 19.3 Å². The van der Waals surface area contributed by atoms with Gasteiger partial charge in [0.05, 0.1) is 35.8 Å². The number of hydrogen-bond acceptors (Lipinski definition) is 5. The first-order chi connectivity index (χ1) is 9.15. The minimum atomic E-state index is -0.0221. The van der Waals surface area contributed by atoms with Gasteiger partial charge in [0.15, 0.2) is 0 Å². The average Bonchev–Trinajstić information content (AvgIpc) is 2.78. The Morgan fingerprint density at radius 2 is 2.05 bits per heavy atom. The third-order valence-electron chi connectivity index (χ3n) is 2.91. The van der Waals surface area contributed by atoms with Crippen LogP contribution in [0.3, 0.4) is 0 Å². The molecule has 0 amide bonds. The van der Waals surface area contributed by atoms with Crippen LogP contribution in [0.15, 0.2) is 28.9 Å². The quantitative estimate of drug-likeness (QED) is 0.715. The van der Waals surface area contributed by atoms with Crippen LogP contribution in [-0.2, 0) is 6.54 Å².